The highest BCUT2D eigenvalue weighted by Crippen LogP contribution is 2.43. The number of allylic oxidation sites excluding steroid dienone is 2. The number of hydrogen-bond acceptors (Lipinski definition) is 9. The molecule has 1 aliphatic carbocycles. The minimum Gasteiger partial charge on any atom is -0.506 e. The number of Topliss-reactive ketones (excluding diaryl/α,β-unsaturated/α-hetero) is 1. The van der Waals surface area contributed by atoms with Crippen LogP contribution in [0.1, 0.15) is 141 Å². The number of carbonyl (C=O) groups excluding carboxylic acids is 4. The summed E-state index contributed by atoms with van der Waals surface area (Å²) in [6.45, 7) is 26.9. The lowest BCUT2D eigenvalue weighted by molar-refractivity contribution is -0.137. The molecule has 0 spiro atoms. The molecule has 4 rings (SSSR count). The molecular formula is C48H58BrFO10. The first-order valence-corrected chi connectivity index (χ1v) is 20.6. The number of aromatic hydroxyl groups is 1. The number of phenols is 1. The van der Waals surface area contributed by atoms with Gasteiger partial charge in [-0.1, -0.05) is 46.8 Å². The van der Waals surface area contributed by atoms with Crippen LogP contribution in [0.25, 0.3) is 6.08 Å². The van der Waals surface area contributed by atoms with E-state index in [2.05, 4.69) is 36.4 Å². The third-order valence-corrected chi connectivity index (χ3v) is 11.2. The SMILES string of the molecule is C=Cc1c(C)c(F)c(C)c(C(=O)Oc2c(C)c(C)c(C(=O)O)c(C)c2CC)c1C.CCC.CCCC(=O)c1c(C)c(C)c(OC(=O)C2C(C)=CC(=O)C=C2OC)c(Br)c1O. The number of carboxylic acid groups (broad SMARTS) is 1. The van der Waals surface area contributed by atoms with Crippen molar-refractivity contribution in [1.82, 2.24) is 0 Å². The molecule has 60 heavy (non-hydrogen) atoms. The van der Waals surface area contributed by atoms with E-state index in [0.717, 1.165) is 0 Å². The molecule has 10 nitrogen and oxygen atoms in total. The number of aromatic carboxylic acids is 1. The van der Waals surface area contributed by atoms with Gasteiger partial charge in [0.15, 0.2) is 17.3 Å². The summed E-state index contributed by atoms with van der Waals surface area (Å²) >= 11 is 3.25. The van der Waals surface area contributed by atoms with Gasteiger partial charge in [0.1, 0.15) is 33.5 Å². The first-order chi connectivity index (χ1) is 28.0. The Labute approximate surface area is 361 Å². The van der Waals surface area contributed by atoms with Crippen molar-refractivity contribution in [1.29, 1.82) is 0 Å². The molecule has 0 aliphatic heterocycles. The van der Waals surface area contributed by atoms with E-state index in [0.29, 0.717) is 80.7 Å². The maximum Gasteiger partial charge on any atom is 0.344 e. The smallest absolute Gasteiger partial charge is 0.344 e. The Morgan fingerprint density at radius 3 is 1.83 bits per heavy atom. The highest BCUT2D eigenvalue weighted by Gasteiger charge is 2.34. The monoisotopic (exact) mass is 892 g/mol. The van der Waals surface area contributed by atoms with Gasteiger partial charge in [-0.05, 0) is 158 Å². The molecule has 0 amide bonds. The number of rotatable bonds is 11. The van der Waals surface area contributed by atoms with Crippen LogP contribution in [-0.2, 0) is 20.7 Å². The maximum absolute atomic E-state index is 14.7. The van der Waals surface area contributed by atoms with Gasteiger partial charge in [-0.3, -0.25) is 14.4 Å². The normalized spacial score (nSPS) is 13.1. The molecule has 2 N–H and O–H groups in total. The highest BCUT2D eigenvalue weighted by atomic mass is 79.9. The van der Waals surface area contributed by atoms with E-state index in [1.165, 1.54) is 31.8 Å². The molecule has 0 aromatic heterocycles. The van der Waals surface area contributed by atoms with Gasteiger partial charge in [0.05, 0.1) is 23.8 Å². The first-order valence-electron chi connectivity index (χ1n) is 19.8. The predicted molar refractivity (Wildman–Crippen MR) is 236 cm³/mol. The largest absolute Gasteiger partial charge is 0.506 e. The highest BCUT2D eigenvalue weighted by molar-refractivity contribution is 9.10. The quantitative estimate of drug-likeness (QED) is 0.108. The van der Waals surface area contributed by atoms with Crippen LogP contribution in [-0.4, -0.2) is 46.8 Å². The van der Waals surface area contributed by atoms with Gasteiger partial charge < -0.3 is 24.4 Å². The molecule has 0 bridgehead atoms. The van der Waals surface area contributed by atoms with Crippen LogP contribution >= 0.6 is 15.9 Å². The number of halogens is 2. The van der Waals surface area contributed by atoms with Crippen LogP contribution in [0.5, 0.6) is 17.2 Å². The number of ketones is 2. The zero-order chi connectivity index (χ0) is 46.1. The van der Waals surface area contributed by atoms with Crippen LogP contribution in [0.15, 0.2) is 34.5 Å². The molecule has 0 heterocycles. The second-order valence-electron chi connectivity index (χ2n) is 14.7. The molecular weight excluding hydrogens is 835 g/mol. The van der Waals surface area contributed by atoms with E-state index >= 15 is 0 Å². The summed E-state index contributed by atoms with van der Waals surface area (Å²) in [5.41, 5.74) is 6.43. The summed E-state index contributed by atoms with van der Waals surface area (Å²) in [4.78, 5) is 61.7. The zero-order valence-corrected chi connectivity index (χ0v) is 38.8. The van der Waals surface area contributed by atoms with E-state index in [9.17, 15) is 38.6 Å². The van der Waals surface area contributed by atoms with Crippen LogP contribution in [0.2, 0.25) is 0 Å². The molecule has 1 aliphatic rings. The fraction of sp³-hybridized carbons (Fsp3) is 0.396. The van der Waals surface area contributed by atoms with Crippen LogP contribution in [0.4, 0.5) is 4.39 Å². The Balaban J connectivity index is 0.000000388. The van der Waals surface area contributed by atoms with Crippen molar-refractivity contribution in [3.05, 3.63) is 113 Å². The van der Waals surface area contributed by atoms with Crippen molar-refractivity contribution in [3.8, 4) is 17.2 Å². The van der Waals surface area contributed by atoms with Crippen molar-refractivity contribution in [2.24, 2.45) is 5.92 Å². The summed E-state index contributed by atoms with van der Waals surface area (Å²) in [6, 6.07) is 0. The van der Waals surface area contributed by atoms with Gasteiger partial charge in [0.2, 0.25) is 0 Å². The number of carboxylic acids is 1. The third kappa shape index (κ3) is 10.5. The lowest BCUT2D eigenvalue weighted by Gasteiger charge is -2.23. The van der Waals surface area contributed by atoms with E-state index in [-0.39, 0.29) is 55.6 Å². The average molecular weight is 894 g/mol. The Morgan fingerprint density at radius 2 is 1.33 bits per heavy atom. The van der Waals surface area contributed by atoms with Crippen molar-refractivity contribution in [2.45, 2.75) is 116 Å². The molecule has 0 fully saturated rings. The van der Waals surface area contributed by atoms with Crippen LogP contribution in [0, 0.1) is 67.1 Å². The number of carbonyl (C=O) groups is 5. The average Bonchev–Trinajstić information content (AvgIpc) is 3.17. The Hall–Kier alpha value is -5.36. The van der Waals surface area contributed by atoms with E-state index in [1.54, 1.807) is 62.3 Å². The van der Waals surface area contributed by atoms with Gasteiger partial charge in [0.25, 0.3) is 0 Å². The number of hydrogen-bond donors (Lipinski definition) is 2. The molecule has 3 aromatic rings. The summed E-state index contributed by atoms with van der Waals surface area (Å²) in [7, 11) is 1.38. The van der Waals surface area contributed by atoms with Gasteiger partial charge in [-0.25, -0.2) is 14.0 Å². The van der Waals surface area contributed by atoms with E-state index in [4.69, 9.17) is 14.2 Å². The fourth-order valence-corrected chi connectivity index (χ4v) is 7.78. The van der Waals surface area contributed by atoms with Gasteiger partial charge in [-0.15, -0.1) is 0 Å². The lowest BCUT2D eigenvalue weighted by Crippen LogP contribution is -2.27. The van der Waals surface area contributed by atoms with Crippen molar-refractivity contribution in [3.63, 3.8) is 0 Å². The third-order valence-electron chi connectivity index (χ3n) is 10.5. The molecule has 0 saturated heterocycles. The van der Waals surface area contributed by atoms with Gasteiger partial charge >= 0.3 is 17.9 Å². The van der Waals surface area contributed by atoms with E-state index < -0.39 is 29.6 Å². The molecule has 0 radical (unpaired) electrons. The maximum atomic E-state index is 14.7. The molecule has 1 atom stereocenters. The predicted octanol–water partition coefficient (Wildman–Crippen LogP) is 11.6. The summed E-state index contributed by atoms with van der Waals surface area (Å²) in [6.07, 6.45) is 6.84. The summed E-state index contributed by atoms with van der Waals surface area (Å²) in [5.74, 6) is -3.67. The molecule has 1 unspecified atom stereocenters. The second-order valence-corrected chi connectivity index (χ2v) is 15.5. The molecule has 3 aromatic carbocycles. The lowest BCUT2D eigenvalue weighted by atomic mass is 9.90. The van der Waals surface area contributed by atoms with Crippen LogP contribution in [0.3, 0.4) is 0 Å². The Bertz CT molecular complexity index is 2270. The minimum absolute atomic E-state index is 0.133. The van der Waals surface area contributed by atoms with Crippen LogP contribution < -0.4 is 9.47 Å². The number of ether oxygens (including phenoxy) is 3. The van der Waals surface area contributed by atoms with Crippen molar-refractivity contribution < 1.29 is 52.8 Å². The number of esters is 2. The fourth-order valence-electron chi connectivity index (χ4n) is 7.20. The molecule has 324 valence electrons. The zero-order valence-electron chi connectivity index (χ0n) is 37.3. The minimum atomic E-state index is -1.02. The standard InChI is InChI=1S/C24H27FO4.C21H23BrO6.C3H8/c1-9-17-13(5)20(16(8)21(25)15(17)7)24(28)29-22-12(4)11(3)19(23(26)27)14(6)18(22)10-2;1-6-7-14(24)17-11(3)12(4)20(18(22)19(17)25)28-21(26)16-10(2)8-13(23)9-15(16)27-5;1-3-2/h9H,1,10H2,2-8H3,(H,26,27);8-9,16,25H,6-7H2,1-5H3;3H2,1-2H3. The molecule has 0 saturated carbocycles. The van der Waals surface area contributed by atoms with Crippen molar-refractivity contribution >= 4 is 51.5 Å². The van der Waals surface area contributed by atoms with Gasteiger partial charge in [0, 0.05) is 12.5 Å². The number of benzene rings is 3. The number of phenolic OH excluding ortho intramolecular Hbond substituents is 1. The second kappa shape index (κ2) is 21.8. The first kappa shape index (κ1) is 50.8. The van der Waals surface area contributed by atoms with Gasteiger partial charge in [-0.2, -0.15) is 0 Å². The summed E-state index contributed by atoms with van der Waals surface area (Å²) in [5, 5.41) is 20.1. The summed E-state index contributed by atoms with van der Waals surface area (Å²) < 4.78 is 31.4. The van der Waals surface area contributed by atoms with E-state index in [1.807, 2.05) is 13.8 Å². The topological polar surface area (TPSA) is 154 Å². The number of methoxy groups -OCH3 is 1. The molecule has 12 heteroatoms. The Kier molecular flexibility index (Phi) is 18.4. The Morgan fingerprint density at radius 1 is 0.783 bits per heavy atom. The van der Waals surface area contributed by atoms with Crippen molar-refractivity contribution in [2.75, 3.05) is 7.11 Å².